The minimum absolute atomic E-state index is 0.597. The topological polar surface area (TPSA) is 48.5 Å². The first-order valence-corrected chi connectivity index (χ1v) is 11.2. The van der Waals surface area contributed by atoms with Crippen molar-refractivity contribution in [3.8, 4) is 23.0 Å². The summed E-state index contributed by atoms with van der Waals surface area (Å²) in [4.78, 5) is 14.0. The van der Waals surface area contributed by atoms with Crippen LogP contribution in [0.5, 0.6) is 0 Å². The summed E-state index contributed by atoms with van der Waals surface area (Å²) in [7, 11) is 0. The van der Waals surface area contributed by atoms with Gasteiger partial charge in [-0.05, 0) is 24.3 Å². The van der Waals surface area contributed by atoms with Gasteiger partial charge in [0.05, 0.1) is 11.0 Å². The molecule has 0 fully saturated rings. The molecule has 7 aromatic rings. The number of para-hydroxylation sites is 3. The zero-order valence-corrected chi connectivity index (χ0v) is 18.2. The predicted octanol–water partition coefficient (Wildman–Crippen LogP) is 6.58. The van der Waals surface area contributed by atoms with Gasteiger partial charge in [0.1, 0.15) is 12.0 Å². The summed E-state index contributed by atoms with van der Waals surface area (Å²) in [6, 6.07) is 37.5. The van der Waals surface area contributed by atoms with Crippen molar-refractivity contribution < 1.29 is 0 Å². The summed E-state index contributed by atoms with van der Waals surface area (Å²) < 4.78 is 4.46. The lowest BCUT2D eigenvalue weighted by atomic mass is 10.1. The normalized spacial score (nSPS) is 11.5. The Morgan fingerprint density at radius 2 is 1.12 bits per heavy atom. The molecule has 3 heterocycles. The van der Waals surface area contributed by atoms with Crippen molar-refractivity contribution >= 4 is 32.8 Å². The van der Waals surface area contributed by atoms with Crippen LogP contribution in [0.15, 0.2) is 116 Å². The van der Waals surface area contributed by atoms with Crippen molar-refractivity contribution in [2.75, 3.05) is 0 Å². The molecular weight excluding hydrogens is 418 g/mol. The van der Waals surface area contributed by atoms with Gasteiger partial charge in [-0.25, -0.2) is 9.97 Å². The lowest BCUT2D eigenvalue weighted by molar-refractivity contribution is 0.927. The quantitative estimate of drug-likeness (QED) is 0.314. The van der Waals surface area contributed by atoms with Crippen molar-refractivity contribution in [2.24, 2.45) is 0 Å². The Hall–Kier alpha value is -4.77. The number of fused-ring (bicyclic) bond motifs is 5. The average molecular weight is 438 g/mol. The lowest BCUT2D eigenvalue weighted by Gasteiger charge is -2.12. The van der Waals surface area contributed by atoms with Crippen LogP contribution in [0.25, 0.3) is 55.9 Å². The van der Waals surface area contributed by atoms with Crippen LogP contribution in [0.2, 0.25) is 0 Å². The molecule has 0 aliphatic heterocycles. The molecule has 0 aliphatic carbocycles. The number of rotatable bonds is 3. The molecule has 0 saturated carbocycles. The van der Waals surface area contributed by atoms with Crippen LogP contribution in [0.1, 0.15) is 0 Å². The van der Waals surface area contributed by atoms with Gasteiger partial charge in [0.2, 0.25) is 5.95 Å². The van der Waals surface area contributed by atoms with E-state index in [1.807, 2.05) is 36.4 Å². The molecular formula is C29H19N5. The number of nitrogens with zero attached hydrogens (tertiary/aromatic N) is 5. The zero-order chi connectivity index (χ0) is 22.5. The van der Waals surface area contributed by atoms with E-state index in [4.69, 9.17) is 4.98 Å². The maximum Gasteiger partial charge on any atom is 0.239 e. The summed E-state index contributed by atoms with van der Waals surface area (Å²) in [6.07, 6.45) is 1.60. The van der Waals surface area contributed by atoms with Gasteiger partial charge in [-0.15, -0.1) is 0 Å². The highest BCUT2D eigenvalue weighted by Gasteiger charge is 2.23. The Kier molecular flexibility index (Phi) is 4.08. The standard InChI is InChI=1S/C29H19N5/c1-3-11-20(12-4-1)27-30-19-31-29(32-27)34-25-18-10-8-16-23(25)26-22-15-7-9-17-24(22)33(28(26)34)21-13-5-2-6-14-21/h1-19H. The molecule has 5 nitrogen and oxygen atoms in total. The van der Waals surface area contributed by atoms with Crippen molar-refractivity contribution in [1.82, 2.24) is 24.1 Å². The maximum absolute atomic E-state index is 4.92. The van der Waals surface area contributed by atoms with Crippen LogP contribution in [-0.4, -0.2) is 24.1 Å². The molecule has 0 atom stereocenters. The SMILES string of the molecule is c1ccc(-c2ncnc(-n3c4ccccc4c4c5ccccc5n(-c5ccccc5)c43)n2)cc1. The second-order valence-electron chi connectivity index (χ2n) is 8.21. The molecule has 0 aliphatic rings. The van der Waals surface area contributed by atoms with Gasteiger partial charge in [-0.1, -0.05) is 84.9 Å². The predicted molar refractivity (Wildman–Crippen MR) is 136 cm³/mol. The number of aromatic nitrogens is 5. The van der Waals surface area contributed by atoms with E-state index in [0.717, 1.165) is 27.9 Å². The fourth-order valence-corrected chi connectivity index (χ4v) is 4.86. The summed E-state index contributed by atoms with van der Waals surface area (Å²) in [5.41, 5.74) is 5.31. The molecule has 160 valence electrons. The summed E-state index contributed by atoms with van der Waals surface area (Å²) in [6.45, 7) is 0. The Labute approximate surface area is 195 Å². The van der Waals surface area contributed by atoms with Gasteiger partial charge in [0.15, 0.2) is 5.82 Å². The van der Waals surface area contributed by atoms with Crippen LogP contribution in [0.4, 0.5) is 0 Å². The van der Waals surface area contributed by atoms with E-state index >= 15 is 0 Å². The van der Waals surface area contributed by atoms with Crippen LogP contribution >= 0.6 is 0 Å². The van der Waals surface area contributed by atoms with Gasteiger partial charge < -0.3 is 0 Å². The monoisotopic (exact) mass is 437 g/mol. The molecule has 0 spiro atoms. The Bertz CT molecular complexity index is 1800. The average Bonchev–Trinajstić information content (AvgIpc) is 3.42. The highest BCUT2D eigenvalue weighted by Crippen LogP contribution is 2.40. The van der Waals surface area contributed by atoms with Crippen molar-refractivity contribution in [3.05, 3.63) is 116 Å². The van der Waals surface area contributed by atoms with E-state index in [-0.39, 0.29) is 0 Å². The fraction of sp³-hybridized carbons (Fsp3) is 0. The van der Waals surface area contributed by atoms with Gasteiger partial charge in [-0.3, -0.25) is 9.13 Å². The molecule has 4 aromatic carbocycles. The van der Waals surface area contributed by atoms with E-state index in [2.05, 4.69) is 91.9 Å². The molecule has 34 heavy (non-hydrogen) atoms. The van der Waals surface area contributed by atoms with Crippen LogP contribution < -0.4 is 0 Å². The molecule has 0 radical (unpaired) electrons. The molecule has 0 amide bonds. The smallest absolute Gasteiger partial charge is 0.239 e. The van der Waals surface area contributed by atoms with Crippen LogP contribution in [-0.2, 0) is 0 Å². The van der Waals surface area contributed by atoms with Crippen LogP contribution in [0.3, 0.4) is 0 Å². The minimum Gasteiger partial charge on any atom is -0.295 e. The van der Waals surface area contributed by atoms with E-state index in [9.17, 15) is 0 Å². The fourth-order valence-electron chi connectivity index (χ4n) is 4.86. The first kappa shape index (κ1) is 18.8. The molecule has 0 bridgehead atoms. The van der Waals surface area contributed by atoms with Crippen molar-refractivity contribution in [2.45, 2.75) is 0 Å². The number of benzene rings is 4. The Morgan fingerprint density at radius 1 is 0.529 bits per heavy atom. The maximum atomic E-state index is 4.92. The third-order valence-electron chi connectivity index (χ3n) is 6.28. The summed E-state index contributed by atoms with van der Waals surface area (Å²) in [5.74, 6) is 1.25. The Balaban J connectivity index is 1.65. The largest absolute Gasteiger partial charge is 0.295 e. The Morgan fingerprint density at radius 3 is 1.82 bits per heavy atom. The van der Waals surface area contributed by atoms with Gasteiger partial charge in [-0.2, -0.15) is 4.98 Å². The first-order chi connectivity index (χ1) is 16.9. The first-order valence-electron chi connectivity index (χ1n) is 11.2. The molecule has 3 aromatic heterocycles. The van der Waals surface area contributed by atoms with E-state index in [1.165, 1.54) is 16.2 Å². The molecule has 7 rings (SSSR count). The molecule has 5 heteroatoms. The highest BCUT2D eigenvalue weighted by atomic mass is 15.2. The molecule has 0 unspecified atom stereocenters. The second kappa shape index (κ2) is 7.39. The van der Waals surface area contributed by atoms with E-state index < -0.39 is 0 Å². The number of hydrogen-bond donors (Lipinski definition) is 0. The zero-order valence-electron chi connectivity index (χ0n) is 18.2. The third-order valence-corrected chi connectivity index (χ3v) is 6.28. The van der Waals surface area contributed by atoms with Gasteiger partial charge >= 0.3 is 0 Å². The van der Waals surface area contributed by atoms with Crippen molar-refractivity contribution in [1.29, 1.82) is 0 Å². The van der Waals surface area contributed by atoms with Gasteiger partial charge in [0.25, 0.3) is 0 Å². The third kappa shape index (κ3) is 2.70. The van der Waals surface area contributed by atoms with Gasteiger partial charge in [0, 0.05) is 27.4 Å². The minimum atomic E-state index is 0.597. The van der Waals surface area contributed by atoms with Crippen LogP contribution in [0, 0.1) is 0 Å². The number of hydrogen-bond acceptors (Lipinski definition) is 3. The summed E-state index contributed by atoms with van der Waals surface area (Å²) >= 11 is 0. The second-order valence-corrected chi connectivity index (χ2v) is 8.21. The highest BCUT2D eigenvalue weighted by molar-refractivity contribution is 6.22. The van der Waals surface area contributed by atoms with E-state index in [0.29, 0.717) is 11.8 Å². The summed E-state index contributed by atoms with van der Waals surface area (Å²) in [5, 5.41) is 3.57. The van der Waals surface area contributed by atoms with E-state index in [1.54, 1.807) is 6.33 Å². The van der Waals surface area contributed by atoms with Crippen molar-refractivity contribution in [3.63, 3.8) is 0 Å². The molecule has 0 saturated heterocycles. The molecule has 0 N–H and O–H groups in total. The lowest BCUT2D eigenvalue weighted by Crippen LogP contribution is -2.06.